The highest BCUT2D eigenvalue weighted by atomic mass is 16.5. The minimum atomic E-state index is -0.398. The molecular weight excluding hydrogens is 338 g/mol. The minimum Gasteiger partial charge on any atom is -0.496 e. The zero-order valence-electron chi connectivity index (χ0n) is 15.4. The Morgan fingerprint density at radius 3 is 2.15 bits per heavy atom. The molecule has 4 nitrogen and oxygen atoms in total. The molecule has 0 aliphatic heterocycles. The largest absolute Gasteiger partial charge is 0.496 e. The third-order valence-electron chi connectivity index (χ3n) is 5.01. The molecule has 3 aromatic rings. The smallest absolute Gasteiger partial charge is 0.341 e. The van der Waals surface area contributed by atoms with Crippen LogP contribution in [0.3, 0.4) is 0 Å². The van der Waals surface area contributed by atoms with Gasteiger partial charge in [-0.2, -0.15) is 0 Å². The van der Waals surface area contributed by atoms with Gasteiger partial charge in [-0.3, -0.25) is 0 Å². The third kappa shape index (κ3) is 3.09. The molecule has 0 bridgehead atoms. The van der Waals surface area contributed by atoms with Crippen LogP contribution in [0.2, 0.25) is 0 Å². The summed E-state index contributed by atoms with van der Waals surface area (Å²) in [6, 6.07) is 22.7. The number of carbonyl (C=O) groups is 1. The molecule has 0 spiro atoms. The SMILES string of the molecule is COC(=O)c1cc(CNC2c3ccccc3-c3ccccc32)ccc1OC. The first kappa shape index (κ1) is 17.3. The summed E-state index contributed by atoms with van der Waals surface area (Å²) in [5.41, 5.74) is 6.54. The number of benzene rings is 3. The highest BCUT2D eigenvalue weighted by Crippen LogP contribution is 2.43. The van der Waals surface area contributed by atoms with Crippen molar-refractivity contribution < 1.29 is 14.3 Å². The molecule has 0 atom stereocenters. The van der Waals surface area contributed by atoms with Crippen LogP contribution >= 0.6 is 0 Å². The summed E-state index contributed by atoms with van der Waals surface area (Å²) in [5, 5.41) is 3.64. The predicted molar refractivity (Wildman–Crippen MR) is 105 cm³/mol. The summed E-state index contributed by atoms with van der Waals surface area (Å²) in [7, 11) is 2.92. The van der Waals surface area contributed by atoms with Crippen molar-refractivity contribution in [3.8, 4) is 16.9 Å². The second kappa shape index (κ2) is 7.25. The van der Waals surface area contributed by atoms with Crippen LogP contribution in [-0.4, -0.2) is 20.2 Å². The standard InChI is InChI=1S/C23H21NO3/c1-26-21-12-11-15(13-20(21)23(25)27-2)14-24-22-18-9-5-3-7-16(18)17-8-4-6-10-19(17)22/h3-13,22,24H,14H2,1-2H3. The number of esters is 1. The van der Waals surface area contributed by atoms with Crippen molar-refractivity contribution in [2.45, 2.75) is 12.6 Å². The normalized spacial score (nSPS) is 12.4. The number of nitrogens with one attached hydrogen (secondary N) is 1. The number of rotatable bonds is 5. The van der Waals surface area contributed by atoms with Gasteiger partial charge in [-0.1, -0.05) is 54.6 Å². The van der Waals surface area contributed by atoms with E-state index in [2.05, 4.69) is 53.8 Å². The van der Waals surface area contributed by atoms with E-state index in [-0.39, 0.29) is 6.04 Å². The Bertz CT molecular complexity index is 951. The Kier molecular flexibility index (Phi) is 4.65. The average molecular weight is 359 g/mol. The molecular formula is C23H21NO3. The molecule has 0 amide bonds. The zero-order chi connectivity index (χ0) is 18.8. The van der Waals surface area contributed by atoms with Gasteiger partial charge in [0.1, 0.15) is 11.3 Å². The summed E-state index contributed by atoms with van der Waals surface area (Å²) < 4.78 is 10.1. The number of carbonyl (C=O) groups excluding carboxylic acids is 1. The second-order valence-electron chi connectivity index (χ2n) is 6.51. The molecule has 4 rings (SSSR count). The number of hydrogen-bond donors (Lipinski definition) is 1. The maximum absolute atomic E-state index is 12.0. The monoisotopic (exact) mass is 359 g/mol. The van der Waals surface area contributed by atoms with Gasteiger partial charge in [0.2, 0.25) is 0 Å². The lowest BCUT2D eigenvalue weighted by atomic mass is 10.0. The van der Waals surface area contributed by atoms with Crippen LogP contribution in [0.4, 0.5) is 0 Å². The van der Waals surface area contributed by atoms with Crippen molar-refractivity contribution in [2.24, 2.45) is 0 Å². The van der Waals surface area contributed by atoms with Gasteiger partial charge in [0, 0.05) is 6.54 Å². The summed E-state index contributed by atoms with van der Waals surface area (Å²) in [6.45, 7) is 0.626. The van der Waals surface area contributed by atoms with E-state index in [0.717, 1.165) is 5.56 Å². The fourth-order valence-electron chi connectivity index (χ4n) is 3.73. The summed E-state index contributed by atoms with van der Waals surface area (Å²) in [6.07, 6.45) is 0. The average Bonchev–Trinajstić information content (AvgIpc) is 3.05. The van der Waals surface area contributed by atoms with E-state index < -0.39 is 5.97 Å². The maximum Gasteiger partial charge on any atom is 0.341 e. The molecule has 0 saturated heterocycles. The highest BCUT2D eigenvalue weighted by molar-refractivity contribution is 5.92. The molecule has 27 heavy (non-hydrogen) atoms. The third-order valence-corrected chi connectivity index (χ3v) is 5.01. The van der Waals surface area contributed by atoms with Crippen LogP contribution in [0, 0.1) is 0 Å². The van der Waals surface area contributed by atoms with Crippen LogP contribution in [0.5, 0.6) is 5.75 Å². The Morgan fingerprint density at radius 2 is 1.56 bits per heavy atom. The lowest BCUT2D eigenvalue weighted by molar-refractivity contribution is 0.0597. The summed E-state index contributed by atoms with van der Waals surface area (Å²) >= 11 is 0. The van der Waals surface area contributed by atoms with Crippen LogP contribution in [0.1, 0.15) is 33.1 Å². The van der Waals surface area contributed by atoms with Crippen LogP contribution in [0.25, 0.3) is 11.1 Å². The van der Waals surface area contributed by atoms with Crippen molar-refractivity contribution >= 4 is 5.97 Å². The van der Waals surface area contributed by atoms with E-state index in [1.54, 1.807) is 13.2 Å². The highest BCUT2D eigenvalue weighted by Gasteiger charge is 2.27. The molecule has 0 fully saturated rings. The number of hydrogen-bond acceptors (Lipinski definition) is 4. The lowest BCUT2D eigenvalue weighted by Crippen LogP contribution is -2.20. The first-order chi connectivity index (χ1) is 13.2. The number of methoxy groups -OCH3 is 2. The van der Waals surface area contributed by atoms with Gasteiger partial charge < -0.3 is 14.8 Å². The van der Waals surface area contributed by atoms with E-state index in [9.17, 15) is 4.79 Å². The zero-order valence-corrected chi connectivity index (χ0v) is 15.4. The summed E-state index contributed by atoms with van der Waals surface area (Å²) in [5.74, 6) is 0.118. The van der Waals surface area contributed by atoms with Crippen molar-refractivity contribution in [1.29, 1.82) is 0 Å². The Balaban J connectivity index is 1.62. The number of ether oxygens (including phenoxy) is 2. The van der Waals surface area contributed by atoms with Gasteiger partial charge in [-0.15, -0.1) is 0 Å². The Labute approximate surface area is 158 Å². The molecule has 0 heterocycles. The van der Waals surface area contributed by atoms with E-state index in [0.29, 0.717) is 17.9 Å². The van der Waals surface area contributed by atoms with Crippen LogP contribution in [-0.2, 0) is 11.3 Å². The van der Waals surface area contributed by atoms with Gasteiger partial charge in [0.25, 0.3) is 0 Å². The van der Waals surface area contributed by atoms with E-state index in [4.69, 9.17) is 9.47 Å². The van der Waals surface area contributed by atoms with Gasteiger partial charge in [-0.05, 0) is 39.9 Å². The lowest BCUT2D eigenvalue weighted by Gasteiger charge is -2.17. The van der Waals surface area contributed by atoms with Crippen LogP contribution < -0.4 is 10.1 Å². The van der Waals surface area contributed by atoms with Gasteiger partial charge in [-0.25, -0.2) is 4.79 Å². The van der Waals surface area contributed by atoms with Crippen molar-refractivity contribution in [2.75, 3.05) is 14.2 Å². The van der Waals surface area contributed by atoms with Gasteiger partial charge in [0.15, 0.2) is 0 Å². The van der Waals surface area contributed by atoms with Crippen molar-refractivity contribution in [3.05, 3.63) is 89.0 Å². The first-order valence-corrected chi connectivity index (χ1v) is 8.89. The number of fused-ring (bicyclic) bond motifs is 3. The predicted octanol–water partition coefficient (Wildman–Crippen LogP) is 4.34. The molecule has 0 radical (unpaired) electrons. The van der Waals surface area contributed by atoms with E-state index >= 15 is 0 Å². The van der Waals surface area contributed by atoms with Gasteiger partial charge in [0.05, 0.1) is 20.3 Å². The van der Waals surface area contributed by atoms with E-state index in [1.165, 1.54) is 29.4 Å². The molecule has 0 aromatic heterocycles. The van der Waals surface area contributed by atoms with Crippen molar-refractivity contribution in [3.63, 3.8) is 0 Å². The molecule has 1 N–H and O–H groups in total. The molecule has 1 aliphatic carbocycles. The first-order valence-electron chi connectivity index (χ1n) is 8.89. The van der Waals surface area contributed by atoms with Crippen LogP contribution in [0.15, 0.2) is 66.7 Å². The topological polar surface area (TPSA) is 47.6 Å². The van der Waals surface area contributed by atoms with E-state index in [1.807, 2.05) is 12.1 Å². The maximum atomic E-state index is 12.0. The van der Waals surface area contributed by atoms with Gasteiger partial charge >= 0.3 is 5.97 Å². The minimum absolute atomic E-state index is 0.126. The second-order valence-corrected chi connectivity index (χ2v) is 6.51. The fourth-order valence-corrected chi connectivity index (χ4v) is 3.73. The summed E-state index contributed by atoms with van der Waals surface area (Å²) in [4.78, 5) is 12.0. The fraction of sp³-hybridized carbons (Fsp3) is 0.174. The molecule has 1 aliphatic rings. The Morgan fingerprint density at radius 1 is 0.926 bits per heavy atom. The molecule has 0 saturated carbocycles. The molecule has 3 aromatic carbocycles. The molecule has 4 heteroatoms. The van der Waals surface area contributed by atoms with Crippen molar-refractivity contribution in [1.82, 2.24) is 5.32 Å². The molecule has 0 unspecified atom stereocenters. The molecule has 136 valence electrons. The Hall–Kier alpha value is -3.11. The quantitative estimate of drug-likeness (QED) is 0.689.